The van der Waals surface area contributed by atoms with Crippen molar-refractivity contribution in [2.45, 2.75) is 44.9 Å². The lowest BCUT2D eigenvalue weighted by molar-refractivity contribution is 0.0976. The van der Waals surface area contributed by atoms with Crippen LogP contribution in [0.25, 0.3) is 0 Å². The van der Waals surface area contributed by atoms with Gasteiger partial charge in [0.1, 0.15) is 0 Å². The van der Waals surface area contributed by atoms with Gasteiger partial charge in [-0.25, -0.2) is 0 Å². The molecule has 1 aliphatic heterocycles. The molecule has 0 spiro atoms. The first kappa shape index (κ1) is 16.3. The largest absolute Gasteiger partial charge is 0.319 e. The first-order chi connectivity index (χ1) is 9.63. The molecule has 0 aromatic rings. The average Bonchev–Trinajstić information content (AvgIpc) is 2.42. The van der Waals surface area contributed by atoms with E-state index in [0.29, 0.717) is 5.41 Å². The van der Waals surface area contributed by atoms with Crippen molar-refractivity contribution in [3.8, 4) is 0 Å². The summed E-state index contributed by atoms with van der Waals surface area (Å²) >= 11 is 0. The third-order valence-corrected chi connectivity index (χ3v) is 5.48. The van der Waals surface area contributed by atoms with Gasteiger partial charge in [-0.15, -0.1) is 0 Å². The Hall–Kier alpha value is -0.120. The lowest BCUT2D eigenvalue weighted by atomic mass is 9.73. The molecule has 2 rings (SSSR count). The van der Waals surface area contributed by atoms with Gasteiger partial charge < -0.3 is 15.1 Å². The fourth-order valence-corrected chi connectivity index (χ4v) is 4.39. The zero-order valence-electron chi connectivity index (χ0n) is 14.0. The molecule has 1 saturated heterocycles. The molecule has 0 amide bonds. The molecule has 2 aliphatic rings. The van der Waals surface area contributed by atoms with Crippen LogP contribution in [0.2, 0.25) is 0 Å². The molecular formula is C17H35N3. The zero-order valence-corrected chi connectivity index (χ0v) is 14.0. The number of hydrogen-bond donors (Lipinski definition) is 1. The highest BCUT2D eigenvalue weighted by Gasteiger charge is 2.33. The number of likely N-dealkylation sites (tertiary alicyclic amines) is 1. The fourth-order valence-electron chi connectivity index (χ4n) is 4.39. The molecule has 1 heterocycles. The van der Waals surface area contributed by atoms with Gasteiger partial charge in [-0.05, 0) is 71.2 Å². The van der Waals surface area contributed by atoms with Crippen LogP contribution in [0, 0.1) is 11.3 Å². The van der Waals surface area contributed by atoms with Crippen LogP contribution in [0.5, 0.6) is 0 Å². The minimum absolute atomic E-state index is 0.549. The molecule has 0 aromatic heterocycles. The molecule has 0 radical (unpaired) electrons. The molecule has 118 valence electrons. The molecule has 1 aliphatic carbocycles. The predicted octanol–water partition coefficient (Wildman–Crippen LogP) is 2.43. The third kappa shape index (κ3) is 4.71. The van der Waals surface area contributed by atoms with Crippen molar-refractivity contribution in [2.24, 2.45) is 11.3 Å². The van der Waals surface area contributed by atoms with Crippen LogP contribution in [-0.4, -0.2) is 63.7 Å². The van der Waals surface area contributed by atoms with Crippen LogP contribution in [0.3, 0.4) is 0 Å². The Labute approximate surface area is 126 Å². The Morgan fingerprint density at radius 1 is 1.15 bits per heavy atom. The maximum absolute atomic E-state index is 3.46. The van der Waals surface area contributed by atoms with Gasteiger partial charge in [0.2, 0.25) is 0 Å². The van der Waals surface area contributed by atoms with Crippen molar-refractivity contribution in [3.63, 3.8) is 0 Å². The van der Waals surface area contributed by atoms with Crippen molar-refractivity contribution in [2.75, 3.05) is 53.9 Å². The molecule has 3 nitrogen and oxygen atoms in total. The monoisotopic (exact) mass is 281 g/mol. The summed E-state index contributed by atoms with van der Waals surface area (Å²) in [7, 11) is 6.72. The number of hydrogen-bond acceptors (Lipinski definition) is 3. The van der Waals surface area contributed by atoms with Crippen LogP contribution in [-0.2, 0) is 0 Å². The molecule has 1 N–H and O–H groups in total. The molecule has 1 saturated carbocycles. The number of nitrogens with zero attached hydrogens (tertiary/aromatic N) is 2. The Kier molecular flexibility index (Phi) is 6.31. The van der Waals surface area contributed by atoms with E-state index in [1.165, 1.54) is 77.7 Å². The van der Waals surface area contributed by atoms with Crippen molar-refractivity contribution in [3.05, 3.63) is 0 Å². The van der Waals surface area contributed by atoms with Crippen molar-refractivity contribution in [1.29, 1.82) is 0 Å². The molecule has 0 atom stereocenters. The third-order valence-electron chi connectivity index (χ3n) is 5.48. The Bertz CT molecular complexity index is 260. The lowest BCUT2D eigenvalue weighted by Gasteiger charge is -2.41. The number of piperidine rings is 1. The number of rotatable bonds is 6. The maximum Gasteiger partial charge on any atom is 0.00472 e. The van der Waals surface area contributed by atoms with Crippen molar-refractivity contribution in [1.82, 2.24) is 15.1 Å². The molecule has 0 unspecified atom stereocenters. The van der Waals surface area contributed by atoms with Crippen molar-refractivity contribution >= 4 is 0 Å². The Balaban J connectivity index is 1.80. The lowest BCUT2D eigenvalue weighted by Crippen LogP contribution is -2.45. The second-order valence-electron chi connectivity index (χ2n) is 7.53. The van der Waals surface area contributed by atoms with Gasteiger partial charge in [0.15, 0.2) is 0 Å². The first-order valence-corrected chi connectivity index (χ1v) is 8.65. The minimum Gasteiger partial charge on any atom is -0.319 e. The first-order valence-electron chi connectivity index (χ1n) is 8.65. The Morgan fingerprint density at radius 2 is 1.80 bits per heavy atom. The Morgan fingerprint density at radius 3 is 2.40 bits per heavy atom. The van der Waals surface area contributed by atoms with Gasteiger partial charge >= 0.3 is 0 Å². The van der Waals surface area contributed by atoms with Gasteiger partial charge in [0.25, 0.3) is 0 Å². The summed E-state index contributed by atoms with van der Waals surface area (Å²) in [6.07, 6.45) is 9.94. The van der Waals surface area contributed by atoms with E-state index in [-0.39, 0.29) is 0 Å². The van der Waals surface area contributed by atoms with E-state index in [0.717, 1.165) is 5.92 Å². The second-order valence-corrected chi connectivity index (χ2v) is 7.53. The minimum atomic E-state index is 0.549. The van der Waals surface area contributed by atoms with Gasteiger partial charge in [-0.3, -0.25) is 0 Å². The van der Waals surface area contributed by atoms with E-state index in [9.17, 15) is 0 Å². The van der Waals surface area contributed by atoms with E-state index in [1.807, 2.05) is 0 Å². The van der Waals surface area contributed by atoms with Gasteiger partial charge in [-0.2, -0.15) is 0 Å². The summed E-state index contributed by atoms with van der Waals surface area (Å²) in [6, 6.07) is 0. The molecule has 0 bridgehead atoms. The highest BCUT2D eigenvalue weighted by molar-refractivity contribution is 4.87. The highest BCUT2D eigenvalue weighted by Crippen LogP contribution is 2.36. The standard InChI is InChI=1S/C17H35N3/c1-18-14-17(9-5-4-6-10-17)15-20(3)13-16-7-11-19(2)12-8-16/h16,18H,4-15H2,1-3H3. The van der Waals surface area contributed by atoms with Gasteiger partial charge in [0, 0.05) is 19.6 Å². The average molecular weight is 281 g/mol. The molecule has 20 heavy (non-hydrogen) atoms. The summed E-state index contributed by atoms with van der Waals surface area (Å²) in [5, 5.41) is 3.46. The van der Waals surface area contributed by atoms with Crippen LogP contribution >= 0.6 is 0 Å². The predicted molar refractivity (Wildman–Crippen MR) is 87.2 cm³/mol. The summed E-state index contributed by atoms with van der Waals surface area (Å²) in [5.41, 5.74) is 0.549. The van der Waals surface area contributed by atoms with Crippen LogP contribution in [0.1, 0.15) is 44.9 Å². The summed E-state index contributed by atoms with van der Waals surface area (Å²) in [6.45, 7) is 6.38. The van der Waals surface area contributed by atoms with Gasteiger partial charge in [-0.1, -0.05) is 19.3 Å². The quantitative estimate of drug-likeness (QED) is 0.807. The van der Waals surface area contributed by atoms with Crippen molar-refractivity contribution < 1.29 is 0 Å². The van der Waals surface area contributed by atoms with Gasteiger partial charge in [0.05, 0.1) is 0 Å². The highest BCUT2D eigenvalue weighted by atomic mass is 15.1. The second kappa shape index (κ2) is 7.77. The normalized spacial score (nSPS) is 25.2. The topological polar surface area (TPSA) is 18.5 Å². The van der Waals surface area contributed by atoms with E-state index in [1.54, 1.807) is 0 Å². The zero-order chi connectivity index (χ0) is 14.4. The van der Waals surface area contributed by atoms with E-state index in [2.05, 4.69) is 36.3 Å². The van der Waals surface area contributed by atoms with E-state index < -0.39 is 0 Å². The molecule has 3 heteroatoms. The fraction of sp³-hybridized carbons (Fsp3) is 1.00. The van der Waals surface area contributed by atoms with E-state index >= 15 is 0 Å². The van der Waals surface area contributed by atoms with Crippen LogP contribution < -0.4 is 5.32 Å². The molecule has 0 aromatic carbocycles. The molecular weight excluding hydrogens is 246 g/mol. The molecule has 2 fully saturated rings. The van der Waals surface area contributed by atoms with Crippen LogP contribution in [0.15, 0.2) is 0 Å². The summed E-state index contributed by atoms with van der Waals surface area (Å²) in [4.78, 5) is 5.11. The number of nitrogens with one attached hydrogen (secondary N) is 1. The SMILES string of the molecule is CNCC1(CN(C)CC2CCN(C)CC2)CCCCC1. The van der Waals surface area contributed by atoms with E-state index in [4.69, 9.17) is 0 Å². The summed E-state index contributed by atoms with van der Waals surface area (Å²) in [5.74, 6) is 0.923. The summed E-state index contributed by atoms with van der Waals surface area (Å²) < 4.78 is 0. The van der Waals surface area contributed by atoms with Crippen LogP contribution in [0.4, 0.5) is 0 Å². The maximum atomic E-state index is 3.46. The smallest absolute Gasteiger partial charge is 0.00472 e.